The maximum Gasteiger partial charge on any atom is 0.180 e. The molecule has 70 valence electrons. The minimum Gasteiger partial charge on any atom is -0.384 e. The van der Waals surface area contributed by atoms with Crippen LogP contribution in [-0.2, 0) is 9.63 Å². The number of thiazole rings is 1. The molecule has 0 bridgehead atoms. The van der Waals surface area contributed by atoms with Gasteiger partial charge >= 0.3 is 0 Å². The van der Waals surface area contributed by atoms with Gasteiger partial charge in [0.25, 0.3) is 0 Å². The van der Waals surface area contributed by atoms with Gasteiger partial charge in [-0.2, -0.15) is 0 Å². The molecule has 0 radical (unpaired) electrons. The fraction of sp³-hybridized carbons (Fsp3) is 0.167. The molecule has 7 heteroatoms. The zero-order valence-corrected chi connectivity index (χ0v) is 8.84. The standard InChI is InChI=1S/C6H6BrN3O2S/c7-3-12-10-4(1-11)5-2-13-6(8)9-5/h1-2H,3H2,(H2,8,9). The maximum absolute atomic E-state index is 10.5. The molecule has 5 nitrogen and oxygen atoms in total. The van der Waals surface area contributed by atoms with Crippen LogP contribution in [0.15, 0.2) is 10.5 Å². The maximum atomic E-state index is 10.5. The topological polar surface area (TPSA) is 77.6 Å². The smallest absolute Gasteiger partial charge is 0.180 e. The highest BCUT2D eigenvalue weighted by molar-refractivity contribution is 9.09. The summed E-state index contributed by atoms with van der Waals surface area (Å²) in [5, 5.41) is 5.57. The van der Waals surface area contributed by atoms with Gasteiger partial charge in [0.05, 0.1) is 0 Å². The lowest BCUT2D eigenvalue weighted by atomic mass is 10.3. The summed E-state index contributed by atoms with van der Waals surface area (Å²) in [4.78, 5) is 19.0. The predicted octanol–water partition coefficient (Wildman–Crippen LogP) is 0.997. The van der Waals surface area contributed by atoms with Crippen LogP contribution < -0.4 is 5.73 Å². The molecule has 0 atom stereocenters. The summed E-state index contributed by atoms with van der Waals surface area (Å²) in [6.45, 7) is 0. The van der Waals surface area contributed by atoms with Gasteiger partial charge in [-0.3, -0.25) is 4.79 Å². The van der Waals surface area contributed by atoms with Crippen LogP contribution in [0.1, 0.15) is 5.69 Å². The van der Waals surface area contributed by atoms with Crippen molar-refractivity contribution < 1.29 is 9.63 Å². The Hall–Kier alpha value is -0.950. The van der Waals surface area contributed by atoms with E-state index in [4.69, 9.17) is 5.73 Å². The number of aromatic nitrogens is 1. The normalized spacial score (nSPS) is 11.3. The summed E-state index contributed by atoms with van der Waals surface area (Å²) >= 11 is 4.24. The Morgan fingerprint density at radius 3 is 3.15 bits per heavy atom. The van der Waals surface area contributed by atoms with Crippen molar-refractivity contribution in [2.24, 2.45) is 5.16 Å². The van der Waals surface area contributed by atoms with Gasteiger partial charge in [-0.25, -0.2) is 4.98 Å². The Labute approximate surface area is 86.7 Å². The number of anilines is 1. The quantitative estimate of drug-likeness (QED) is 0.381. The number of rotatable bonds is 4. The monoisotopic (exact) mass is 263 g/mol. The van der Waals surface area contributed by atoms with E-state index in [1.54, 1.807) is 5.38 Å². The zero-order chi connectivity index (χ0) is 9.68. The largest absolute Gasteiger partial charge is 0.384 e. The number of oxime groups is 1. The number of nitrogens with two attached hydrogens (primary N) is 1. The molecule has 0 fully saturated rings. The number of aldehydes is 1. The minimum atomic E-state index is 0.132. The van der Waals surface area contributed by atoms with Gasteiger partial charge < -0.3 is 10.6 Å². The summed E-state index contributed by atoms with van der Waals surface area (Å²) in [7, 11) is 0. The molecule has 2 N–H and O–H groups in total. The first-order chi connectivity index (χ1) is 6.27. The predicted molar refractivity (Wildman–Crippen MR) is 54.0 cm³/mol. The average molecular weight is 264 g/mol. The average Bonchev–Trinajstić information content (AvgIpc) is 2.54. The fourth-order valence-electron chi connectivity index (χ4n) is 0.628. The lowest BCUT2D eigenvalue weighted by Crippen LogP contribution is -2.04. The molecule has 1 aromatic rings. The molecule has 13 heavy (non-hydrogen) atoms. The van der Waals surface area contributed by atoms with Crippen LogP contribution >= 0.6 is 27.3 Å². The lowest BCUT2D eigenvalue weighted by Gasteiger charge is -1.93. The van der Waals surface area contributed by atoms with E-state index in [2.05, 4.69) is 30.9 Å². The first kappa shape index (κ1) is 10.1. The van der Waals surface area contributed by atoms with E-state index in [1.165, 1.54) is 11.3 Å². The number of alkyl halides is 1. The molecule has 0 aliphatic heterocycles. The van der Waals surface area contributed by atoms with E-state index in [-0.39, 0.29) is 11.2 Å². The summed E-state index contributed by atoms with van der Waals surface area (Å²) in [5.41, 5.74) is 6.17. The Balaban J connectivity index is 2.84. The third kappa shape index (κ3) is 2.78. The van der Waals surface area contributed by atoms with Gasteiger partial charge in [-0.15, -0.1) is 11.3 Å². The Bertz CT molecular complexity index is 325. The Morgan fingerprint density at radius 1 is 1.92 bits per heavy atom. The summed E-state index contributed by atoms with van der Waals surface area (Å²) in [5.74, 6) is 0. The highest BCUT2D eigenvalue weighted by atomic mass is 79.9. The summed E-state index contributed by atoms with van der Waals surface area (Å²) < 4.78 is 0. The second-order valence-corrected chi connectivity index (χ2v) is 3.25. The van der Waals surface area contributed by atoms with Crippen LogP contribution in [-0.4, -0.2) is 22.5 Å². The van der Waals surface area contributed by atoms with Gasteiger partial charge in [0.1, 0.15) is 5.69 Å². The van der Waals surface area contributed by atoms with Gasteiger partial charge in [0.2, 0.25) is 0 Å². The molecule has 0 aliphatic carbocycles. The molecule has 1 aromatic heterocycles. The van der Waals surface area contributed by atoms with Crippen LogP contribution in [0.25, 0.3) is 0 Å². The van der Waals surface area contributed by atoms with Crippen LogP contribution in [0, 0.1) is 0 Å². The van der Waals surface area contributed by atoms with Gasteiger partial charge in [-0.1, -0.05) is 5.16 Å². The second kappa shape index (κ2) is 4.93. The molecule has 1 heterocycles. The summed E-state index contributed by atoms with van der Waals surface area (Å²) in [6.07, 6.45) is 0.567. The third-order valence-electron chi connectivity index (χ3n) is 1.11. The lowest BCUT2D eigenvalue weighted by molar-refractivity contribution is -0.102. The van der Waals surface area contributed by atoms with Crippen LogP contribution in [0.5, 0.6) is 0 Å². The Morgan fingerprint density at radius 2 is 2.69 bits per heavy atom. The highest BCUT2D eigenvalue weighted by Crippen LogP contribution is 2.11. The minimum absolute atomic E-state index is 0.132. The first-order valence-corrected chi connectivity index (χ1v) is 5.20. The van der Waals surface area contributed by atoms with E-state index in [0.717, 1.165) is 0 Å². The number of halogens is 1. The fourth-order valence-corrected chi connectivity index (χ4v) is 1.29. The van der Waals surface area contributed by atoms with E-state index in [9.17, 15) is 4.79 Å². The molecule has 0 aromatic carbocycles. The molecule has 0 aliphatic rings. The number of hydrogen-bond acceptors (Lipinski definition) is 6. The van der Waals surface area contributed by atoms with Gasteiger partial charge in [-0.05, 0) is 15.9 Å². The molecular formula is C6H6BrN3O2S. The van der Waals surface area contributed by atoms with Crippen molar-refractivity contribution in [1.29, 1.82) is 0 Å². The van der Waals surface area contributed by atoms with E-state index < -0.39 is 0 Å². The van der Waals surface area contributed by atoms with Crippen molar-refractivity contribution in [2.45, 2.75) is 0 Å². The van der Waals surface area contributed by atoms with E-state index in [0.29, 0.717) is 17.1 Å². The zero-order valence-electron chi connectivity index (χ0n) is 6.44. The SMILES string of the molecule is Nc1nc(C(C=O)=NOCBr)cs1. The number of hydrogen-bond donors (Lipinski definition) is 1. The molecule has 0 spiro atoms. The number of nitrogens with zero attached hydrogens (tertiary/aromatic N) is 2. The van der Waals surface area contributed by atoms with Crippen LogP contribution in [0.2, 0.25) is 0 Å². The van der Waals surface area contributed by atoms with Crippen molar-refractivity contribution in [1.82, 2.24) is 4.98 Å². The first-order valence-electron chi connectivity index (χ1n) is 3.20. The van der Waals surface area contributed by atoms with Crippen LogP contribution in [0.4, 0.5) is 5.13 Å². The van der Waals surface area contributed by atoms with Crippen molar-refractivity contribution in [3.8, 4) is 0 Å². The van der Waals surface area contributed by atoms with Crippen molar-refractivity contribution >= 4 is 44.4 Å². The van der Waals surface area contributed by atoms with E-state index in [1.807, 2.05) is 0 Å². The number of carbonyl (C=O) groups excluding carboxylic acids is 1. The number of nitrogen functional groups attached to an aromatic ring is 1. The summed E-state index contributed by atoms with van der Waals surface area (Å²) in [6, 6.07) is 0. The van der Waals surface area contributed by atoms with Gasteiger partial charge in [0, 0.05) is 5.38 Å². The Kier molecular flexibility index (Phi) is 3.84. The molecule has 0 amide bonds. The van der Waals surface area contributed by atoms with Crippen molar-refractivity contribution in [3.63, 3.8) is 0 Å². The van der Waals surface area contributed by atoms with Gasteiger partial charge in [0.15, 0.2) is 22.6 Å². The number of carbonyl (C=O) groups is 1. The molecule has 0 unspecified atom stereocenters. The second-order valence-electron chi connectivity index (χ2n) is 1.90. The molecule has 0 saturated carbocycles. The third-order valence-corrected chi connectivity index (χ3v) is 1.99. The molecular weight excluding hydrogens is 258 g/mol. The van der Waals surface area contributed by atoms with Crippen molar-refractivity contribution in [2.75, 3.05) is 11.2 Å². The molecule has 0 saturated heterocycles. The van der Waals surface area contributed by atoms with Crippen molar-refractivity contribution in [3.05, 3.63) is 11.1 Å². The van der Waals surface area contributed by atoms with E-state index >= 15 is 0 Å². The highest BCUT2D eigenvalue weighted by Gasteiger charge is 2.06. The van der Waals surface area contributed by atoms with Crippen LogP contribution in [0.3, 0.4) is 0 Å². The molecule has 1 rings (SSSR count).